The summed E-state index contributed by atoms with van der Waals surface area (Å²) in [4.78, 5) is 24.9. The van der Waals surface area contributed by atoms with Gasteiger partial charge in [-0.2, -0.15) is 5.26 Å². The van der Waals surface area contributed by atoms with E-state index in [1.165, 1.54) is 12.0 Å². The van der Waals surface area contributed by atoms with Gasteiger partial charge in [-0.15, -0.1) is 0 Å². The van der Waals surface area contributed by atoms with Crippen LogP contribution in [0.15, 0.2) is 0 Å². The molecular formula is C12H18N2O3. The van der Waals surface area contributed by atoms with Gasteiger partial charge in [-0.25, -0.2) is 0 Å². The molecule has 0 unspecified atom stereocenters. The highest BCUT2D eigenvalue weighted by atomic mass is 16.5. The molecule has 1 aliphatic carbocycles. The Morgan fingerprint density at radius 1 is 1.41 bits per heavy atom. The van der Waals surface area contributed by atoms with Crippen LogP contribution in [0.25, 0.3) is 0 Å². The summed E-state index contributed by atoms with van der Waals surface area (Å²) in [5.74, 6) is -0.684. The molecule has 0 radical (unpaired) electrons. The van der Waals surface area contributed by atoms with E-state index in [4.69, 9.17) is 0 Å². The molecule has 0 aromatic rings. The molecule has 1 aliphatic rings. The summed E-state index contributed by atoms with van der Waals surface area (Å²) in [6, 6.07) is 2.14. The van der Waals surface area contributed by atoms with Crippen LogP contribution in [0.1, 0.15) is 32.6 Å². The summed E-state index contributed by atoms with van der Waals surface area (Å²) in [6.07, 6.45) is 2.99. The standard InChI is InChI=1S/C12H18N2O3/c1-3-14(8-10(15)17-2)11(16)12(9-13)6-4-5-7-12/h3-8H2,1-2H3. The third-order valence-electron chi connectivity index (χ3n) is 3.30. The minimum absolute atomic E-state index is 0.0741. The molecule has 0 spiro atoms. The Bertz CT molecular complexity index is 340. The van der Waals surface area contributed by atoms with Crippen LogP contribution >= 0.6 is 0 Å². The molecule has 17 heavy (non-hydrogen) atoms. The summed E-state index contributed by atoms with van der Waals surface area (Å²) < 4.78 is 4.55. The Morgan fingerprint density at radius 3 is 2.41 bits per heavy atom. The van der Waals surface area contributed by atoms with E-state index in [2.05, 4.69) is 10.8 Å². The first kappa shape index (κ1) is 13.5. The number of likely N-dealkylation sites (N-methyl/N-ethyl adjacent to an activating group) is 1. The predicted octanol–water partition coefficient (Wildman–Crippen LogP) is 1.09. The van der Waals surface area contributed by atoms with Crippen LogP contribution in [-0.4, -0.2) is 37.0 Å². The van der Waals surface area contributed by atoms with Crippen LogP contribution in [0, 0.1) is 16.7 Å². The molecule has 1 amide bonds. The van der Waals surface area contributed by atoms with Gasteiger partial charge >= 0.3 is 5.97 Å². The first-order chi connectivity index (χ1) is 8.09. The molecule has 0 atom stereocenters. The van der Waals surface area contributed by atoms with Crippen LogP contribution in [0.5, 0.6) is 0 Å². The number of methoxy groups -OCH3 is 1. The molecule has 0 aromatic heterocycles. The zero-order chi connectivity index (χ0) is 12.9. The van der Waals surface area contributed by atoms with E-state index in [9.17, 15) is 14.9 Å². The third kappa shape index (κ3) is 2.76. The van der Waals surface area contributed by atoms with Crippen molar-refractivity contribution in [3.63, 3.8) is 0 Å². The number of rotatable bonds is 4. The molecule has 1 rings (SSSR count). The lowest BCUT2D eigenvalue weighted by molar-refractivity contribution is -0.149. The third-order valence-corrected chi connectivity index (χ3v) is 3.30. The SMILES string of the molecule is CCN(CC(=O)OC)C(=O)C1(C#N)CCCC1. The molecule has 1 saturated carbocycles. The largest absolute Gasteiger partial charge is 0.468 e. The van der Waals surface area contributed by atoms with E-state index in [1.807, 2.05) is 0 Å². The number of ether oxygens (including phenoxy) is 1. The van der Waals surface area contributed by atoms with E-state index >= 15 is 0 Å². The Labute approximate surface area is 101 Å². The second-order valence-corrected chi connectivity index (χ2v) is 4.30. The predicted molar refractivity (Wildman–Crippen MR) is 60.8 cm³/mol. The fourth-order valence-corrected chi connectivity index (χ4v) is 2.20. The highest BCUT2D eigenvalue weighted by molar-refractivity contribution is 5.88. The average molecular weight is 238 g/mol. The molecule has 5 heteroatoms. The molecule has 0 heterocycles. The summed E-state index contributed by atoms with van der Waals surface area (Å²) in [5, 5.41) is 9.21. The van der Waals surface area contributed by atoms with Gasteiger partial charge in [0.25, 0.3) is 0 Å². The molecule has 1 fully saturated rings. The topological polar surface area (TPSA) is 70.4 Å². The highest BCUT2D eigenvalue weighted by Crippen LogP contribution is 2.39. The summed E-state index contributed by atoms with van der Waals surface area (Å²) >= 11 is 0. The quantitative estimate of drug-likeness (QED) is 0.687. The molecule has 94 valence electrons. The van der Waals surface area contributed by atoms with Gasteiger partial charge in [0.1, 0.15) is 12.0 Å². The Balaban J connectivity index is 2.78. The van der Waals surface area contributed by atoms with Crippen molar-refractivity contribution in [2.24, 2.45) is 5.41 Å². The second kappa shape index (κ2) is 5.67. The molecule has 0 N–H and O–H groups in total. The maximum atomic E-state index is 12.3. The smallest absolute Gasteiger partial charge is 0.325 e. The van der Waals surface area contributed by atoms with Gasteiger partial charge in [0, 0.05) is 6.54 Å². The lowest BCUT2D eigenvalue weighted by Gasteiger charge is -2.27. The number of esters is 1. The minimum Gasteiger partial charge on any atom is -0.468 e. The van der Waals surface area contributed by atoms with Crippen molar-refractivity contribution in [2.75, 3.05) is 20.2 Å². The maximum absolute atomic E-state index is 12.3. The van der Waals surface area contributed by atoms with E-state index in [1.54, 1.807) is 6.92 Å². The van der Waals surface area contributed by atoms with Crippen LogP contribution in [-0.2, 0) is 14.3 Å². The number of nitriles is 1. The number of carbonyl (C=O) groups is 2. The van der Waals surface area contributed by atoms with Gasteiger partial charge in [0.05, 0.1) is 13.2 Å². The highest BCUT2D eigenvalue weighted by Gasteiger charge is 2.44. The number of hydrogen-bond donors (Lipinski definition) is 0. The summed E-state index contributed by atoms with van der Waals surface area (Å²) in [5.41, 5.74) is -0.913. The van der Waals surface area contributed by atoms with E-state index in [0.717, 1.165) is 12.8 Å². The second-order valence-electron chi connectivity index (χ2n) is 4.30. The van der Waals surface area contributed by atoms with Crippen LogP contribution < -0.4 is 0 Å². The Hall–Kier alpha value is -1.57. The summed E-state index contributed by atoms with van der Waals surface area (Å²) in [7, 11) is 1.29. The van der Waals surface area contributed by atoms with Gasteiger partial charge < -0.3 is 9.64 Å². The van der Waals surface area contributed by atoms with Crippen molar-refractivity contribution in [1.82, 2.24) is 4.90 Å². The van der Waals surface area contributed by atoms with E-state index < -0.39 is 11.4 Å². The lowest BCUT2D eigenvalue weighted by Crippen LogP contribution is -2.44. The number of carbonyl (C=O) groups excluding carboxylic acids is 2. The Morgan fingerprint density at radius 2 is 2.00 bits per heavy atom. The van der Waals surface area contributed by atoms with Crippen molar-refractivity contribution in [2.45, 2.75) is 32.6 Å². The molecule has 0 saturated heterocycles. The van der Waals surface area contributed by atoms with Gasteiger partial charge in [-0.1, -0.05) is 12.8 Å². The first-order valence-corrected chi connectivity index (χ1v) is 5.87. The molecule has 0 bridgehead atoms. The van der Waals surface area contributed by atoms with E-state index in [0.29, 0.717) is 19.4 Å². The van der Waals surface area contributed by atoms with Crippen molar-refractivity contribution >= 4 is 11.9 Å². The van der Waals surface area contributed by atoms with Gasteiger partial charge in [-0.05, 0) is 19.8 Å². The van der Waals surface area contributed by atoms with Crippen molar-refractivity contribution in [1.29, 1.82) is 5.26 Å². The van der Waals surface area contributed by atoms with Gasteiger partial charge in [-0.3, -0.25) is 9.59 Å². The lowest BCUT2D eigenvalue weighted by atomic mass is 9.86. The molecule has 0 aromatic carbocycles. The number of amides is 1. The fraction of sp³-hybridized carbons (Fsp3) is 0.750. The maximum Gasteiger partial charge on any atom is 0.325 e. The number of nitrogens with zero attached hydrogens (tertiary/aromatic N) is 2. The molecule has 0 aliphatic heterocycles. The van der Waals surface area contributed by atoms with Crippen LogP contribution in [0.4, 0.5) is 0 Å². The zero-order valence-corrected chi connectivity index (χ0v) is 10.4. The van der Waals surface area contributed by atoms with Crippen molar-refractivity contribution < 1.29 is 14.3 Å². The summed E-state index contributed by atoms with van der Waals surface area (Å²) in [6.45, 7) is 2.13. The van der Waals surface area contributed by atoms with Crippen molar-refractivity contribution in [3.8, 4) is 6.07 Å². The Kier molecular flexibility index (Phi) is 4.50. The van der Waals surface area contributed by atoms with Gasteiger partial charge in [0.15, 0.2) is 0 Å². The molecular weight excluding hydrogens is 220 g/mol. The molecule has 5 nitrogen and oxygen atoms in total. The zero-order valence-electron chi connectivity index (χ0n) is 10.4. The normalized spacial score (nSPS) is 17.2. The van der Waals surface area contributed by atoms with Crippen LogP contribution in [0.3, 0.4) is 0 Å². The monoisotopic (exact) mass is 238 g/mol. The van der Waals surface area contributed by atoms with E-state index in [-0.39, 0.29) is 12.5 Å². The van der Waals surface area contributed by atoms with Crippen LogP contribution in [0.2, 0.25) is 0 Å². The fourth-order valence-electron chi connectivity index (χ4n) is 2.20. The van der Waals surface area contributed by atoms with Crippen molar-refractivity contribution in [3.05, 3.63) is 0 Å². The minimum atomic E-state index is -0.913. The van der Waals surface area contributed by atoms with Gasteiger partial charge in [0.2, 0.25) is 5.91 Å². The average Bonchev–Trinajstić information content (AvgIpc) is 2.84. The number of hydrogen-bond acceptors (Lipinski definition) is 4. The first-order valence-electron chi connectivity index (χ1n) is 5.87.